The van der Waals surface area contributed by atoms with E-state index in [2.05, 4.69) is 82.4 Å². The summed E-state index contributed by atoms with van der Waals surface area (Å²) in [6.45, 7) is 16.0. The van der Waals surface area contributed by atoms with Gasteiger partial charge in [0.1, 0.15) is 0 Å². The van der Waals surface area contributed by atoms with Crippen LogP contribution in [0, 0.1) is 52.3 Å². The standard InChI is InChI=1S/C35H59IO/c1-7-27(25(2)3)13-12-26(4)31-16-17-32-30-15-14-28-24-29(37-23-11-9-8-10-22-36)18-20-34(28,5)33(30)19-21-35(31,32)6/h12-14,25-27,29-33H,7-11,15-24H2,1-6H3/b13-12+/t26-,27-,29+,30+,31-,32+,33+,34+,35-/m1/s1. The lowest BCUT2D eigenvalue weighted by Crippen LogP contribution is -2.51. The zero-order valence-electron chi connectivity index (χ0n) is 25.2. The maximum absolute atomic E-state index is 6.43. The van der Waals surface area contributed by atoms with Crippen LogP contribution in [0.4, 0.5) is 0 Å². The van der Waals surface area contributed by atoms with Crippen molar-refractivity contribution in [2.45, 2.75) is 131 Å². The van der Waals surface area contributed by atoms with Crippen molar-refractivity contribution in [3.05, 3.63) is 23.8 Å². The molecule has 0 spiro atoms. The summed E-state index contributed by atoms with van der Waals surface area (Å²) < 4.78 is 7.73. The molecule has 0 aromatic rings. The molecule has 212 valence electrons. The van der Waals surface area contributed by atoms with Gasteiger partial charge in [-0.25, -0.2) is 0 Å². The highest BCUT2D eigenvalue weighted by Crippen LogP contribution is 2.67. The quantitative estimate of drug-likeness (QED) is 0.0911. The molecule has 4 aliphatic rings. The molecule has 0 amide bonds. The van der Waals surface area contributed by atoms with E-state index in [9.17, 15) is 0 Å². The fourth-order valence-electron chi connectivity index (χ4n) is 9.76. The van der Waals surface area contributed by atoms with Crippen molar-refractivity contribution in [2.24, 2.45) is 52.3 Å². The van der Waals surface area contributed by atoms with Gasteiger partial charge in [-0.3, -0.25) is 0 Å². The minimum Gasteiger partial charge on any atom is -0.378 e. The molecule has 37 heavy (non-hydrogen) atoms. The van der Waals surface area contributed by atoms with Gasteiger partial charge in [-0.1, -0.05) is 101 Å². The van der Waals surface area contributed by atoms with Crippen molar-refractivity contribution in [1.29, 1.82) is 0 Å². The average Bonchev–Trinajstić information content (AvgIpc) is 3.23. The molecular formula is C35H59IO. The smallest absolute Gasteiger partial charge is 0.0612 e. The largest absolute Gasteiger partial charge is 0.378 e. The summed E-state index contributed by atoms with van der Waals surface area (Å²) in [5.41, 5.74) is 2.77. The maximum Gasteiger partial charge on any atom is 0.0612 e. The molecule has 0 radical (unpaired) electrons. The van der Waals surface area contributed by atoms with E-state index in [1.54, 1.807) is 5.57 Å². The number of halogens is 1. The lowest BCUT2D eigenvalue weighted by atomic mass is 9.47. The summed E-state index contributed by atoms with van der Waals surface area (Å²) in [7, 11) is 0. The minimum atomic E-state index is 0.444. The van der Waals surface area contributed by atoms with Gasteiger partial charge in [-0.2, -0.15) is 0 Å². The molecule has 4 aliphatic carbocycles. The molecule has 0 aromatic carbocycles. The van der Waals surface area contributed by atoms with Gasteiger partial charge >= 0.3 is 0 Å². The molecule has 0 N–H and O–H groups in total. The number of hydrogen-bond donors (Lipinski definition) is 0. The predicted molar refractivity (Wildman–Crippen MR) is 169 cm³/mol. The zero-order valence-corrected chi connectivity index (χ0v) is 27.4. The van der Waals surface area contributed by atoms with E-state index in [0.717, 1.165) is 48.0 Å². The Bertz CT molecular complexity index is 784. The Hall–Kier alpha value is 0.170. The Labute approximate surface area is 244 Å². The molecule has 0 heterocycles. The van der Waals surface area contributed by atoms with Crippen molar-refractivity contribution in [3.63, 3.8) is 0 Å². The van der Waals surface area contributed by atoms with Gasteiger partial charge in [0.15, 0.2) is 0 Å². The number of fused-ring (bicyclic) bond motifs is 5. The third-order valence-electron chi connectivity index (χ3n) is 12.1. The van der Waals surface area contributed by atoms with Crippen LogP contribution in [-0.2, 0) is 4.74 Å². The number of rotatable bonds is 12. The molecule has 9 atom stereocenters. The summed E-state index contributed by atoms with van der Waals surface area (Å²) in [6, 6.07) is 0. The molecule has 0 aliphatic heterocycles. The van der Waals surface area contributed by atoms with Crippen LogP contribution in [0.5, 0.6) is 0 Å². The molecule has 0 aromatic heterocycles. The Morgan fingerprint density at radius 3 is 2.49 bits per heavy atom. The van der Waals surface area contributed by atoms with Crippen LogP contribution < -0.4 is 0 Å². The number of alkyl halides is 1. The molecule has 2 heteroatoms. The van der Waals surface area contributed by atoms with Gasteiger partial charge < -0.3 is 4.74 Å². The first-order valence-corrected chi connectivity index (χ1v) is 17.8. The monoisotopic (exact) mass is 622 g/mol. The molecule has 0 saturated heterocycles. The van der Waals surface area contributed by atoms with E-state index in [1.165, 1.54) is 87.9 Å². The topological polar surface area (TPSA) is 9.23 Å². The number of unbranched alkanes of at least 4 members (excludes halogenated alkanes) is 3. The third-order valence-corrected chi connectivity index (χ3v) is 12.9. The van der Waals surface area contributed by atoms with Gasteiger partial charge in [0.05, 0.1) is 6.10 Å². The summed E-state index contributed by atoms with van der Waals surface area (Å²) in [5.74, 6) is 5.86. The molecular weight excluding hydrogens is 563 g/mol. The average molecular weight is 623 g/mol. The molecule has 3 fully saturated rings. The van der Waals surface area contributed by atoms with E-state index in [-0.39, 0.29) is 0 Å². The minimum absolute atomic E-state index is 0.444. The van der Waals surface area contributed by atoms with Crippen molar-refractivity contribution in [2.75, 3.05) is 11.0 Å². The van der Waals surface area contributed by atoms with E-state index in [4.69, 9.17) is 4.74 Å². The van der Waals surface area contributed by atoms with Gasteiger partial charge in [-0.05, 0) is 127 Å². The van der Waals surface area contributed by atoms with E-state index >= 15 is 0 Å². The lowest BCUT2D eigenvalue weighted by Gasteiger charge is -2.58. The van der Waals surface area contributed by atoms with Crippen LogP contribution >= 0.6 is 22.6 Å². The van der Waals surface area contributed by atoms with E-state index in [1.807, 2.05) is 0 Å². The normalized spacial score (nSPS) is 39.2. The van der Waals surface area contributed by atoms with Crippen LogP contribution in [0.15, 0.2) is 23.8 Å². The van der Waals surface area contributed by atoms with Gasteiger partial charge in [0.2, 0.25) is 0 Å². The Balaban J connectivity index is 1.37. The second kappa shape index (κ2) is 13.2. The molecule has 4 rings (SSSR count). The maximum atomic E-state index is 6.43. The fraction of sp³-hybridized carbons (Fsp3) is 0.886. The van der Waals surface area contributed by atoms with Crippen LogP contribution in [0.1, 0.15) is 125 Å². The second-order valence-corrected chi connectivity index (χ2v) is 15.5. The highest BCUT2D eigenvalue weighted by atomic mass is 127. The number of ether oxygens (including phenoxy) is 1. The zero-order chi connectivity index (χ0) is 26.6. The first kappa shape index (κ1) is 30.1. The van der Waals surface area contributed by atoms with Crippen LogP contribution in [0.2, 0.25) is 0 Å². The van der Waals surface area contributed by atoms with Crippen LogP contribution in [-0.4, -0.2) is 17.1 Å². The van der Waals surface area contributed by atoms with E-state index in [0.29, 0.717) is 16.9 Å². The van der Waals surface area contributed by atoms with Crippen LogP contribution in [0.25, 0.3) is 0 Å². The number of hydrogen-bond acceptors (Lipinski definition) is 1. The Morgan fingerprint density at radius 1 is 0.973 bits per heavy atom. The predicted octanol–water partition coefficient (Wildman–Crippen LogP) is 10.8. The highest BCUT2D eigenvalue weighted by molar-refractivity contribution is 14.1. The highest BCUT2D eigenvalue weighted by Gasteiger charge is 2.59. The van der Waals surface area contributed by atoms with Crippen molar-refractivity contribution in [1.82, 2.24) is 0 Å². The fourth-order valence-corrected chi connectivity index (χ4v) is 10.3. The van der Waals surface area contributed by atoms with Crippen molar-refractivity contribution in [3.8, 4) is 0 Å². The molecule has 0 unspecified atom stereocenters. The van der Waals surface area contributed by atoms with Crippen LogP contribution in [0.3, 0.4) is 0 Å². The van der Waals surface area contributed by atoms with Gasteiger partial charge in [-0.15, -0.1) is 0 Å². The lowest BCUT2D eigenvalue weighted by molar-refractivity contribution is -0.0615. The molecule has 0 bridgehead atoms. The second-order valence-electron chi connectivity index (χ2n) is 14.4. The summed E-state index contributed by atoms with van der Waals surface area (Å²) in [4.78, 5) is 0. The first-order chi connectivity index (χ1) is 17.7. The van der Waals surface area contributed by atoms with E-state index < -0.39 is 0 Å². The first-order valence-electron chi connectivity index (χ1n) is 16.3. The molecule has 1 nitrogen and oxygen atoms in total. The van der Waals surface area contributed by atoms with Crippen molar-refractivity contribution < 1.29 is 4.74 Å². The summed E-state index contributed by atoms with van der Waals surface area (Å²) in [6.07, 6.45) is 26.1. The summed E-state index contributed by atoms with van der Waals surface area (Å²) in [5, 5.41) is 0. The van der Waals surface area contributed by atoms with Gasteiger partial charge in [0, 0.05) is 6.61 Å². The van der Waals surface area contributed by atoms with Crippen molar-refractivity contribution >= 4 is 22.6 Å². The Morgan fingerprint density at radius 2 is 1.76 bits per heavy atom. The SMILES string of the molecule is CC[C@H](/C=C/[C@@H](C)[C@H]1CC[C@H]2[C@@H]3CC=C4C[C@@H](OCCCCCCI)CC[C@]4(C)[C@H]3CC[C@]12C)C(C)C. The number of allylic oxidation sites excluding steroid dienone is 3. The molecule has 3 saturated carbocycles. The van der Waals surface area contributed by atoms with Gasteiger partial charge in [0.25, 0.3) is 0 Å². The third kappa shape index (κ3) is 6.41. The summed E-state index contributed by atoms with van der Waals surface area (Å²) >= 11 is 2.50. The Kier molecular flexibility index (Phi) is 10.8.